The molecule has 0 aliphatic rings. The number of benzene rings is 1. The maximum atomic E-state index is 11.3. The molecular weight excluding hydrogens is 224 g/mol. The van der Waals surface area contributed by atoms with Crippen LogP contribution in [0.1, 0.15) is 31.0 Å². The Morgan fingerprint density at radius 1 is 1.38 bits per heavy atom. The second-order valence-corrected chi connectivity index (χ2v) is 5.52. The van der Waals surface area contributed by atoms with Crippen molar-refractivity contribution in [2.24, 2.45) is 0 Å². The minimum absolute atomic E-state index is 0.0631. The van der Waals surface area contributed by atoms with Crippen molar-refractivity contribution in [3.8, 4) is 6.07 Å². The molecule has 0 fully saturated rings. The van der Waals surface area contributed by atoms with Crippen LogP contribution in [0.15, 0.2) is 24.3 Å². The van der Waals surface area contributed by atoms with Gasteiger partial charge in [-0.05, 0) is 31.5 Å². The summed E-state index contributed by atoms with van der Waals surface area (Å²) in [6, 6.07) is 8.58. The fourth-order valence-electron chi connectivity index (χ4n) is 1.27. The Hall–Kier alpha value is -1.38. The Labute approximate surface area is 96.0 Å². The van der Waals surface area contributed by atoms with Gasteiger partial charge in [0.1, 0.15) is 0 Å². The zero-order valence-corrected chi connectivity index (χ0v) is 10.1. The molecule has 1 aromatic rings. The van der Waals surface area contributed by atoms with Crippen molar-refractivity contribution in [1.29, 1.82) is 5.26 Å². The normalized spacial score (nSPS) is 13.1. The molecule has 0 unspecified atom stereocenters. The largest absolute Gasteiger partial charge is 0.212 e. The summed E-state index contributed by atoms with van der Waals surface area (Å²) in [4.78, 5) is 0. The maximum Gasteiger partial charge on any atom is 0.211 e. The van der Waals surface area contributed by atoms with E-state index in [2.05, 4.69) is 4.72 Å². The SMILES string of the molecule is CCS(=O)(=O)N[C@H](C)c1ccc(C#N)cc1. The fourth-order valence-corrected chi connectivity index (χ4v) is 2.11. The van der Waals surface area contributed by atoms with E-state index in [4.69, 9.17) is 5.26 Å². The summed E-state index contributed by atoms with van der Waals surface area (Å²) in [7, 11) is -3.20. The van der Waals surface area contributed by atoms with Crippen molar-refractivity contribution in [3.63, 3.8) is 0 Å². The number of nitriles is 1. The van der Waals surface area contributed by atoms with E-state index in [-0.39, 0.29) is 11.8 Å². The molecule has 0 radical (unpaired) electrons. The zero-order chi connectivity index (χ0) is 12.2. The number of nitrogens with one attached hydrogen (secondary N) is 1. The lowest BCUT2D eigenvalue weighted by Gasteiger charge is -2.13. The topological polar surface area (TPSA) is 70.0 Å². The van der Waals surface area contributed by atoms with Crippen LogP contribution < -0.4 is 4.72 Å². The molecule has 1 N–H and O–H groups in total. The Morgan fingerprint density at radius 2 is 1.94 bits per heavy atom. The van der Waals surface area contributed by atoms with E-state index in [1.807, 2.05) is 6.07 Å². The van der Waals surface area contributed by atoms with E-state index in [9.17, 15) is 8.42 Å². The first-order valence-corrected chi connectivity index (χ1v) is 6.64. The predicted octanol–water partition coefficient (Wildman–Crippen LogP) is 1.56. The summed E-state index contributed by atoms with van der Waals surface area (Å²) >= 11 is 0. The molecule has 0 spiro atoms. The van der Waals surface area contributed by atoms with Crippen LogP contribution in [0.3, 0.4) is 0 Å². The summed E-state index contributed by atoms with van der Waals surface area (Å²) in [5.41, 5.74) is 1.41. The van der Waals surface area contributed by atoms with Gasteiger partial charge in [-0.1, -0.05) is 12.1 Å². The number of hydrogen-bond acceptors (Lipinski definition) is 3. The molecule has 1 rings (SSSR count). The van der Waals surface area contributed by atoms with Crippen LogP contribution >= 0.6 is 0 Å². The molecule has 0 aliphatic heterocycles. The summed E-state index contributed by atoms with van der Waals surface area (Å²) < 4.78 is 25.2. The highest BCUT2D eigenvalue weighted by molar-refractivity contribution is 7.89. The van der Waals surface area contributed by atoms with E-state index in [1.54, 1.807) is 38.1 Å². The molecule has 0 saturated carbocycles. The van der Waals surface area contributed by atoms with Gasteiger partial charge in [0.25, 0.3) is 0 Å². The molecule has 0 aliphatic carbocycles. The first kappa shape index (κ1) is 12.7. The van der Waals surface area contributed by atoms with E-state index < -0.39 is 10.0 Å². The summed E-state index contributed by atoms with van der Waals surface area (Å²) in [5, 5.41) is 8.63. The summed E-state index contributed by atoms with van der Waals surface area (Å²) in [5.74, 6) is 0.0631. The van der Waals surface area contributed by atoms with Crippen LogP contribution in [0.5, 0.6) is 0 Å². The van der Waals surface area contributed by atoms with Crippen LogP contribution in [0, 0.1) is 11.3 Å². The van der Waals surface area contributed by atoms with Gasteiger partial charge >= 0.3 is 0 Å². The van der Waals surface area contributed by atoms with E-state index in [0.717, 1.165) is 5.56 Å². The minimum Gasteiger partial charge on any atom is -0.212 e. The van der Waals surface area contributed by atoms with E-state index in [0.29, 0.717) is 5.56 Å². The smallest absolute Gasteiger partial charge is 0.211 e. The molecule has 1 atom stereocenters. The van der Waals surface area contributed by atoms with Gasteiger partial charge in [-0.2, -0.15) is 5.26 Å². The van der Waals surface area contributed by atoms with Crippen LogP contribution in [0.25, 0.3) is 0 Å². The van der Waals surface area contributed by atoms with Gasteiger partial charge in [-0.25, -0.2) is 13.1 Å². The minimum atomic E-state index is -3.20. The number of rotatable bonds is 4. The van der Waals surface area contributed by atoms with Crippen LogP contribution in [-0.4, -0.2) is 14.2 Å². The maximum absolute atomic E-state index is 11.3. The van der Waals surface area contributed by atoms with Gasteiger partial charge in [0.2, 0.25) is 10.0 Å². The molecule has 0 aromatic heterocycles. The van der Waals surface area contributed by atoms with Crippen molar-refractivity contribution in [1.82, 2.24) is 4.72 Å². The first-order valence-electron chi connectivity index (χ1n) is 4.98. The lowest BCUT2D eigenvalue weighted by atomic mass is 10.1. The molecule has 0 saturated heterocycles. The molecule has 0 bridgehead atoms. The van der Waals surface area contributed by atoms with Crippen molar-refractivity contribution in [2.45, 2.75) is 19.9 Å². The van der Waals surface area contributed by atoms with Gasteiger partial charge in [0.15, 0.2) is 0 Å². The quantitative estimate of drug-likeness (QED) is 0.865. The Kier molecular flexibility index (Phi) is 4.05. The van der Waals surface area contributed by atoms with Crippen LogP contribution in [-0.2, 0) is 10.0 Å². The summed E-state index contributed by atoms with van der Waals surface area (Å²) in [6.45, 7) is 3.36. The molecule has 0 amide bonds. The number of hydrogen-bond donors (Lipinski definition) is 1. The average Bonchev–Trinajstić information content (AvgIpc) is 2.28. The highest BCUT2D eigenvalue weighted by Gasteiger charge is 2.13. The molecule has 5 heteroatoms. The summed E-state index contributed by atoms with van der Waals surface area (Å²) in [6.07, 6.45) is 0. The molecule has 0 heterocycles. The average molecular weight is 238 g/mol. The molecule has 86 valence electrons. The van der Waals surface area contributed by atoms with Crippen LogP contribution in [0.2, 0.25) is 0 Å². The molecule has 16 heavy (non-hydrogen) atoms. The lowest BCUT2D eigenvalue weighted by molar-refractivity contribution is 0.568. The van der Waals surface area contributed by atoms with Crippen molar-refractivity contribution in [3.05, 3.63) is 35.4 Å². The third-order valence-electron chi connectivity index (χ3n) is 2.28. The van der Waals surface area contributed by atoms with E-state index in [1.165, 1.54) is 0 Å². The van der Waals surface area contributed by atoms with Crippen molar-refractivity contribution < 1.29 is 8.42 Å². The Bertz CT molecular complexity index is 486. The first-order chi connectivity index (χ1) is 7.48. The molecular formula is C11H14N2O2S. The monoisotopic (exact) mass is 238 g/mol. The van der Waals surface area contributed by atoms with Gasteiger partial charge in [0, 0.05) is 6.04 Å². The third-order valence-corrected chi connectivity index (χ3v) is 3.75. The Balaban J connectivity index is 2.82. The lowest BCUT2D eigenvalue weighted by Crippen LogP contribution is -2.28. The van der Waals surface area contributed by atoms with Crippen molar-refractivity contribution in [2.75, 3.05) is 5.75 Å². The second-order valence-electron chi connectivity index (χ2n) is 3.48. The zero-order valence-electron chi connectivity index (χ0n) is 9.27. The molecule has 4 nitrogen and oxygen atoms in total. The third kappa shape index (κ3) is 3.33. The van der Waals surface area contributed by atoms with Gasteiger partial charge < -0.3 is 0 Å². The standard InChI is InChI=1S/C11H14N2O2S/c1-3-16(14,15)13-9(2)11-6-4-10(8-12)5-7-11/h4-7,9,13H,3H2,1-2H3/t9-/m1/s1. The predicted molar refractivity (Wildman–Crippen MR) is 62.2 cm³/mol. The van der Waals surface area contributed by atoms with Gasteiger partial charge in [0.05, 0.1) is 17.4 Å². The Morgan fingerprint density at radius 3 is 2.38 bits per heavy atom. The number of nitrogens with zero attached hydrogens (tertiary/aromatic N) is 1. The van der Waals surface area contributed by atoms with Gasteiger partial charge in [-0.15, -0.1) is 0 Å². The van der Waals surface area contributed by atoms with Crippen LogP contribution in [0.4, 0.5) is 0 Å². The molecule has 1 aromatic carbocycles. The fraction of sp³-hybridized carbons (Fsp3) is 0.364. The van der Waals surface area contributed by atoms with Gasteiger partial charge in [-0.3, -0.25) is 0 Å². The number of sulfonamides is 1. The van der Waals surface area contributed by atoms with E-state index >= 15 is 0 Å². The van der Waals surface area contributed by atoms with Crippen molar-refractivity contribution >= 4 is 10.0 Å². The highest BCUT2D eigenvalue weighted by Crippen LogP contribution is 2.14. The highest BCUT2D eigenvalue weighted by atomic mass is 32.2. The second kappa shape index (κ2) is 5.10.